The van der Waals surface area contributed by atoms with Crippen LogP contribution in [0.1, 0.15) is 77.0 Å². The quantitative estimate of drug-likeness (QED) is 0.837. The molecule has 140 valence electrons. The monoisotopic (exact) mass is 344 g/mol. The SMILES string of the molecule is O=C(NC1C2CC3CC(C2)CC1C3)C1CCCN1CC1CCCCC1. The lowest BCUT2D eigenvalue weighted by Crippen LogP contribution is -2.58. The van der Waals surface area contributed by atoms with Crippen LogP contribution in [-0.2, 0) is 4.79 Å². The molecule has 1 unspecified atom stereocenters. The molecule has 1 saturated heterocycles. The minimum atomic E-state index is 0.180. The van der Waals surface area contributed by atoms with Crippen LogP contribution in [0.25, 0.3) is 0 Å². The topological polar surface area (TPSA) is 32.3 Å². The molecule has 0 spiro atoms. The lowest BCUT2D eigenvalue weighted by molar-refractivity contribution is -0.129. The van der Waals surface area contributed by atoms with Crippen molar-refractivity contribution in [3.05, 3.63) is 0 Å². The number of nitrogens with zero attached hydrogens (tertiary/aromatic N) is 1. The van der Waals surface area contributed by atoms with E-state index >= 15 is 0 Å². The summed E-state index contributed by atoms with van der Waals surface area (Å²) in [6, 6.07) is 0.691. The summed E-state index contributed by atoms with van der Waals surface area (Å²) in [5.41, 5.74) is 0. The zero-order valence-electron chi connectivity index (χ0n) is 15.8. The van der Waals surface area contributed by atoms with E-state index in [2.05, 4.69) is 10.2 Å². The summed E-state index contributed by atoms with van der Waals surface area (Å²) in [5, 5.41) is 3.59. The van der Waals surface area contributed by atoms with Crippen LogP contribution in [0.2, 0.25) is 0 Å². The number of nitrogens with one attached hydrogen (secondary N) is 1. The molecule has 0 radical (unpaired) electrons. The van der Waals surface area contributed by atoms with E-state index in [-0.39, 0.29) is 6.04 Å². The van der Waals surface area contributed by atoms with Gasteiger partial charge in [-0.25, -0.2) is 0 Å². The van der Waals surface area contributed by atoms with Crippen LogP contribution in [0, 0.1) is 29.6 Å². The molecule has 25 heavy (non-hydrogen) atoms. The van der Waals surface area contributed by atoms with Crippen molar-refractivity contribution in [2.24, 2.45) is 29.6 Å². The Balaban J connectivity index is 1.20. The van der Waals surface area contributed by atoms with Crippen molar-refractivity contribution < 1.29 is 4.79 Å². The zero-order chi connectivity index (χ0) is 16.8. The molecule has 1 heterocycles. The predicted molar refractivity (Wildman–Crippen MR) is 100 cm³/mol. The van der Waals surface area contributed by atoms with E-state index in [0.717, 1.165) is 42.6 Å². The summed E-state index contributed by atoms with van der Waals surface area (Å²) in [6.07, 6.45) is 16.4. The van der Waals surface area contributed by atoms with Gasteiger partial charge in [-0.1, -0.05) is 19.3 Å². The Morgan fingerprint density at radius 1 is 0.840 bits per heavy atom. The second kappa shape index (κ2) is 6.87. The van der Waals surface area contributed by atoms with Crippen LogP contribution >= 0.6 is 0 Å². The lowest BCUT2D eigenvalue weighted by atomic mass is 9.54. The molecule has 1 atom stereocenters. The Hall–Kier alpha value is -0.570. The molecule has 6 fully saturated rings. The first-order valence-electron chi connectivity index (χ1n) is 11.3. The highest BCUT2D eigenvalue weighted by atomic mass is 16.2. The van der Waals surface area contributed by atoms with E-state index in [0.29, 0.717) is 11.9 Å². The molecular weight excluding hydrogens is 308 g/mol. The lowest BCUT2D eigenvalue weighted by Gasteiger charge is -2.54. The van der Waals surface area contributed by atoms with Gasteiger partial charge in [-0.05, 0) is 93.9 Å². The summed E-state index contributed by atoms with van der Waals surface area (Å²) < 4.78 is 0. The third kappa shape index (κ3) is 3.26. The second-order valence-corrected chi connectivity index (χ2v) is 10.1. The smallest absolute Gasteiger partial charge is 0.237 e. The van der Waals surface area contributed by atoms with Gasteiger partial charge in [-0.3, -0.25) is 9.69 Å². The van der Waals surface area contributed by atoms with E-state index in [1.165, 1.54) is 77.2 Å². The van der Waals surface area contributed by atoms with Crippen molar-refractivity contribution in [1.29, 1.82) is 0 Å². The highest BCUT2D eigenvalue weighted by Crippen LogP contribution is 2.53. The maximum absolute atomic E-state index is 13.1. The maximum Gasteiger partial charge on any atom is 0.237 e. The first-order chi connectivity index (χ1) is 12.3. The minimum Gasteiger partial charge on any atom is -0.351 e. The van der Waals surface area contributed by atoms with Gasteiger partial charge in [-0.2, -0.15) is 0 Å². The van der Waals surface area contributed by atoms with Gasteiger partial charge in [0.2, 0.25) is 5.91 Å². The van der Waals surface area contributed by atoms with E-state index in [9.17, 15) is 4.79 Å². The molecule has 3 heteroatoms. The van der Waals surface area contributed by atoms with E-state index in [1.807, 2.05) is 0 Å². The normalized spacial score (nSPS) is 44.3. The third-order valence-electron chi connectivity index (χ3n) is 8.42. The van der Waals surface area contributed by atoms with Crippen molar-refractivity contribution in [3.8, 4) is 0 Å². The molecule has 4 bridgehead atoms. The van der Waals surface area contributed by atoms with Crippen LogP contribution < -0.4 is 5.32 Å². The number of carbonyl (C=O) groups excluding carboxylic acids is 1. The van der Waals surface area contributed by atoms with Gasteiger partial charge in [0.25, 0.3) is 0 Å². The van der Waals surface area contributed by atoms with Crippen molar-refractivity contribution in [2.75, 3.05) is 13.1 Å². The summed E-state index contributed by atoms with van der Waals surface area (Å²) in [6.45, 7) is 2.33. The molecule has 0 aromatic heterocycles. The van der Waals surface area contributed by atoms with Crippen LogP contribution in [0.4, 0.5) is 0 Å². The van der Waals surface area contributed by atoms with Gasteiger partial charge >= 0.3 is 0 Å². The van der Waals surface area contributed by atoms with Gasteiger partial charge < -0.3 is 5.32 Å². The van der Waals surface area contributed by atoms with Crippen LogP contribution in [0.3, 0.4) is 0 Å². The van der Waals surface area contributed by atoms with E-state index < -0.39 is 0 Å². The fraction of sp³-hybridized carbons (Fsp3) is 0.955. The number of amides is 1. The first kappa shape index (κ1) is 16.6. The largest absolute Gasteiger partial charge is 0.351 e. The predicted octanol–water partition coefficient (Wildman–Crippen LogP) is 3.97. The first-order valence-corrected chi connectivity index (χ1v) is 11.3. The van der Waals surface area contributed by atoms with Crippen LogP contribution in [0.15, 0.2) is 0 Å². The second-order valence-electron chi connectivity index (χ2n) is 10.1. The van der Waals surface area contributed by atoms with Gasteiger partial charge in [0.05, 0.1) is 6.04 Å². The molecule has 0 aromatic rings. The fourth-order valence-electron chi connectivity index (χ4n) is 7.46. The molecule has 1 amide bonds. The van der Waals surface area contributed by atoms with Crippen molar-refractivity contribution in [1.82, 2.24) is 10.2 Å². The average Bonchev–Trinajstić information content (AvgIpc) is 3.06. The molecule has 6 rings (SSSR count). The maximum atomic E-state index is 13.1. The zero-order valence-corrected chi connectivity index (χ0v) is 15.8. The standard InChI is InChI=1S/C22H36N2O/c25-22(20-7-4-8-24(20)14-15-5-2-1-3-6-15)23-21-18-10-16-9-17(12-18)13-19(21)11-16/h15-21H,1-14H2,(H,23,25). The number of carbonyl (C=O) groups is 1. The Morgan fingerprint density at radius 3 is 2.20 bits per heavy atom. The van der Waals surface area contributed by atoms with Crippen molar-refractivity contribution in [3.63, 3.8) is 0 Å². The van der Waals surface area contributed by atoms with Crippen LogP contribution in [-0.4, -0.2) is 36.0 Å². The molecule has 3 nitrogen and oxygen atoms in total. The summed E-state index contributed by atoms with van der Waals surface area (Å²) in [4.78, 5) is 15.7. The molecule has 6 aliphatic rings. The van der Waals surface area contributed by atoms with Gasteiger partial charge in [0.15, 0.2) is 0 Å². The molecule has 1 aliphatic heterocycles. The Morgan fingerprint density at radius 2 is 1.52 bits per heavy atom. The third-order valence-corrected chi connectivity index (χ3v) is 8.42. The van der Waals surface area contributed by atoms with Gasteiger partial charge in [0, 0.05) is 12.6 Å². The van der Waals surface area contributed by atoms with Crippen molar-refractivity contribution in [2.45, 2.75) is 89.1 Å². The van der Waals surface area contributed by atoms with E-state index in [1.54, 1.807) is 0 Å². The van der Waals surface area contributed by atoms with Gasteiger partial charge in [-0.15, -0.1) is 0 Å². The molecule has 5 saturated carbocycles. The summed E-state index contributed by atoms with van der Waals surface area (Å²) in [7, 11) is 0. The highest BCUT2D eigenvalue weighted by Gasteiger charge is 2.49. The number of hydrogen-bond acceptors (Lipinski definition) is 2. The van der Waals surface area contributed by atoms with Gasteiger partial charge in [0.1, 0.15) is 0 Å². The number of hydrogen-bond donors (Lipinski definition) is 1. The van der Waals surface area contributed by atoms with Crippen molar-refractivity contribution >= 4 is 5.91 Å². The Kier molecular flexibility index (Phi) is 4.56. The Bertz CT molecular complexity index is 470. The fourth-order valence-corrected chi connectivity index (χ4v) is 7.46. The summed E-state index contributed by atoms with van der Waals surface area (Å²) >= 11 is 0. The van der Waals surface area contributed by atoms with E-state index in [4.69, 9.17) is 0 Å². The number of rotatable bonds is 4. The average molecular weight is 345 g/mol. The molecular formula is C22H36N2O. The molecule has 0 aromatic carbocycles. The number of likely N-dealkylation sites (tertiary alicyclic amines) is 1. The minimum absolute atomic E-state index is 0.180. The van der Waals surface area contributed by atoms with Crippen LogP contribution in [0.5, 0.6) is 0 Å². The summed E-state index contributed by atoms with van der Waals surface area (Å²) in [5.74, 6) is 4.81. The Labute approximate surface area is 153 Å². The highest BCUT2D eigenvalue weighted by molar-refractivity contribution is 5.82. The molecule has 1 N–H and O–H groups in total. The molecule has 5 aliphatic carbocycles.